The van der Waals surface area contributed by atoms with Crippen molar-refractivity contribution in [2.75, 3.05) is 49.1 Å². The molecule has 2 N–H and O–H groups in total. The van der Waals surface area contributed by atoms with E-state index < -0.39 is 5.82 Å². The number of nitrogens with zero attached hydrogens (tertiary/aromatic N) is 6. The number of rotatable bonds is 5. The van der Waals surface area contributed by atoms with E-state index in [1.54, 1.807) is 4.90 Å². The first-order chi connectivity index (χ1) is 15.6. The Kier molecular flexibility index (Phi) is 5.60. The van der Waals surface area contributed by atoms with Crippen LogP contribution in [-0.2, 0) is 11.3 Å². The maximum Gasteiger partial charge on any atom is 0.227 e. The van der Waals surface area contributed by atoms with Crippen molar-refractivity contribution in [1.82, 2.24) is 30.0 Å². The first-order valence-corrected chi connectivity index (χ1v) is 11.0. The lowest BCUT2D eigenvalue weighted by Gasteiger charge is -2.39. The molecule has 2 aliphatic rings. The van der Waals surface area contributed by atoms with Gasteiger partial charge in [-0.3, -0.25) is 4.79 Å². The van der Waals surface area contributed by atoms with Gasteiger partial charge < -0.3 is 24.8 Å². The van der Waals surface area contributed by atoms with Crippen molar-refractivity contribution in [3.8, 4) is 0 Å². The summed E-state index contributed by atoms with van der Waals surface area (Å²) in [5.74, 6) is 0.117. The van der Waals surface area contributed by atoms with Gasteiger partial charge in [0.1, 0.15) is 5.65 Å². The molecule has 0 aliphatic carbocycles. The quantitative estimate of drug-likeness (QED) is 0.617. The number of pyridine rings is 1. The fraction of sp³-hybridized carbons (Fsp3) is 0.455. The molecule has 0 bridgehead atoms. The SMILES string of the molecule is Cc1nc2ccccn2c1CNC(=O)C1CN(c2nc(N3CCCNCC3)ncc2F)C1. The molecule has 2 fully saturated rings. The van der Waals surface area contributed by atoms with Crippen LogP contribution in [0.2, 0.25) is 0 Å². The van der Waals surface area contributed by atoms with Crippen molar-refractivity contribution < 1.29 is 9.18 Å². The molecule has 168 valence electrons. The minimum atomic E-state index is -0.457. The van der Waals surface area contributed by atoms with Gasteiger partial charge in [-0.2, -0.15) is 4.98 Å². The van der Waals surface area contributed by atoms with Crippen molar-refractivity contribution in [3.05, 3.63) is 47.8 Å². The number of anilines is 2. The van der Waals surface area contributed by atoms with E-state index in [1.165, 1.54) is 6.20 Å². The second-order valence-corrected chi connectivity index (χ2v) is 8.32. The third kappa shape index (κ3) is 3.97. The average Bonchev–Trinajstić information content (AvgIpc) is 2.92. The van der Waals surface area contributed by atoms with E-state index in [-0.39, 0.29) is 17.6 Å². The fourth-order valence-corrected chi connectivity index (χ4v) is 4.28. The van der Waals surface area contributed by atoms with E-state index in [2.05, 4.69) is 30.5 Å². The number of halogens is 1. The van der Waals surface area contributed by atoms with Gasteiger partial charge in [0, 0.05) is 38.9 Å². The first kappa shape index (κ1) is 20.6. The van der Waals surface area contributed by atoms with E-state index in [9.17, 15) is 9.18 Å². The summed E-state index contributed by atoms with van der Waals surface area (Å²) in [5, 5.41) is 6.35. The summed E-state index contributed by atoms with van der Waals surface area (Å²) < 4.78 is 16.4. The highest BCUT2D eigenvalue weighted by Gasteiger charge is 2.35. The number of aryl methyl sites for hydroxylation is 1. The smallest absolute Gasteiger partial charge is 0.227 e. The van der Waals surface area contributed by atoms with Gasteiger partial charge in [0.2, 0.25) is 11.9 Å². The molecule has 2 saturated heterocycles. The number of hydrogen-bond donors (Lipinski definition) is 2. The molecule has 5 heterocycles. The van der Waals surface area contributed by atoms with Crippen LogP contribution in [0.3, 0.4) is 0 Å². The van der Waals surface area contributed by atoms with E-state index in [0.717, 1.165) is 49.6 Å². The van der Waals surface area contributed by atoms with Crippen molar-refractivity contribution in [3.63, 3.8) is 0 Å². The molecular weight excluding hydrogens is 411 g/mol. The summed E-state index contributed by atoms with van der Waals surface area (Å²) in [6, 6.07) is 5.82. The number of carbonyl (C=O) groups excluding carboxylic acids is 1. The molecule has 3 aromatic heterocycles. The largest absolute Gasteiger partial charge is 0.352 e. The summed E-state index contributed by atoms with van der Waals surface area (Å²) >= 11 is 0. The molecule has 0 saturated carbocycles. The van der Waals surface area contributed by atoms with Gasteiger partial charge in [-0.1, -0.05) is 6.07 Å². The fourth-order valence-electron chi connectivity index (χ4n) is 4.28. The Labute approximate surface area is 185 Å². The molecule has 9 nitrogen and oxygen atoms in total. The lowest BCUT2D eigenvalue weighted by Crippen LogP contribution is -2.54. The van der Waals surface area contributed by atoms with Gasteiger partial charge in [0.05, 0.1) is 30.0 Å². The Morgan fingerprint density at radius 1 is 1.22 bits per heavy atom. The Balaban J connectivity index is 1.20. The second kappa shape index (κ2) is 8.70. The van der Waals surface area contributed by atoms with Crippen molar-refractivity contribution >= 4 is 23.3 Å². The van der Waals surface area contributed by atoms with Crippen LogP contribution in [0.1, 0.15) is 17.8 Å². The van der Waals surface area contributed by atoms with Crippen LogP contribution in [-0.4, -0.2) is 64.5 Å². The minimum Gasteiger partial charge on any atom is -0.352 e. The molecule has 0 atom stereocenters. The zero-order valence-corrected chi connectivity index (χ0v) is 18.1. The standard InChI is InChI=1S/C22H27FN8O/c1-15-18(31-9-3-2-5-19(31)27-15)12-25-21(32)16-13-30(14-16)20-17(23)11-26-22(28-20)29-8-4-6-24-7-10-29/h2-3,5,9,11,16,24H,4,6-8,10,12-14H2,1H3,(H,25,32). The van der Waals surface area contributed by atoms with Crippen LogP contribution < -0.4 is 20.4 Å². The highest BCUT2D eigenvalue weighted by Crippen LogP contribution is 2.27. The zero-order chi connectivity index (χ0) is 22.1. The molecule has 1 amide bonds. The number of amides is 1. The summed E-state index contributed by atoms with van der Waals surface area (Å²) in [5.41, 5.74) is 2.72. The second-order valence-electron chi connectivity index (χ2n) is 8.32. The Hall–Kier alpha value is -3.27. The molecule has 3 aromatic rings. The molecule has 10 heteroatoms. The zero-order valence-electron chi connectivity index (χ0n) is 18.1. The van der Waals surface area contributed by atoms with Gasteiger partial charge in [-0.05, 0) is 32.0 Å². The van der Waals surface area contributed by atoms with Gasteiger partial charge >= 0.3 is 0 Å². The van der Waals surface area contributed by atoms with Crippen LogP contribution in [0, 0.1) is 18.7 Å². The Morgan fingerprint density at radius 3 is 2.97 bits per heavy atom. The number of carbonyl (C=O) groups is 1. The van der Waals surface area contributed by atoms with E-state index in [4.69, 9.17) is 0 Å². The normalized spacial score (nSPS) is 17.3. The Bertz CT molecular complexity index is 1120. The highest BCUT2D eigenvalue weighted by atomic mass is 19.1. The number of imidazole rings is 1. The third-order valence-corrected chi connectivity index (χ3v) is 6.15. The monoisotopic (exact) mass is 438 g/mol. The van der Waals surface area contributed by atoms with Crippen LogP contribution >= 0.6 is 0 Å². The summed E-state index contributed by atoms with van der Waals surface area (Å²) in [6.45, 7) is 6.66. The molecule has 5 rings (SSSR count). The summed E-state index contributed by atoms with van der Waals surface area (Å²) in [7, 11) is 0. The predicted molar refractivity (Wildman–Crippen MR) is 119 cm³/mol. The van der Waals surface area contributed by atoms with E-state index in [0.29, 0.717) is 25.6 Å². The maximum absolute atomic E-state index is 14.4. The number of hydrogen-bond acceptors (Lipinski definition) is 7. The van der Waals surface area contributed by atoms with E-state index in [1.807, 2.05) is 35.7 Å². The lowest BCUT2D eigenvalue weighted by atomic mass is 9.99. The average molecular weight is 439 g/mol. The molecular formula is C22H27FN8O. The third-order valence-electron chi connectivity index (χ3n) is 6.15. The molecule has 0 radical (unpaired) electrons. The number of fused-ring (bicyclic) bond motifs is 1. The molecule has 32 heavy (non-hydrogen) atoms. The van der Waals surface area contributed by atoms with Gasteiger partial charge in [0.25, 0.3) is 0 Å². The Morgan fingerprint density at radius 2 is 2.09 bits per heavy atom. The van der Waals surface area contributed by atoms with Crippen molar-refractivity contribution in [1.29, 1.82) is 0 Å². The minimum absolute atomic E-state index is 0.0418. The number of aromatic nitrogens is 4. The van der Waals surface area contributed by atoms with Crippen LogP contribution in [0.4, 0.5) is 16.2 Å². The van der Waals surface area contributed by atoms with Crippen molar-refractivity contribution in [2.24, 2.45) is 5.92 Å². The topological polar surface area (TPSA) is 90.7 Å². The van der Waals surface area contributed by atoms with Crippen LogP contribution in [0.25, 0.3) is 5.65 Å². The molecule has 0 aromatic carbocycles. The van der Waals surface area contributed by atoms with Crippen molar-refractivity contribution in [2.45, 2.75) is 19.9 Å². The molecule has 0 spiro atoms. The highest BCUT2D eigenvalue weighted by molar-refractivity contribution is 5.81. The van der Waals surface area contributed by atoms with Crippen LogP contribution in [0.5, 0.6) is 0 Å². The lowest BCUT2D eigenvalue weighted by molar-refractivity contribution is -0.125. The van der Waals surface area contributed by atoms with E-state index >= 15 is 0 Å². The predicted octanol–water partition coefficient (Wildman–Crippen LogP) is 1.12. The molecule has 0 unspecified atom stereocenters. The van der Waals surface area contributed by atoms with Gasteiger partial charge in [0.15, 0.2) is 11.6 Å². The maximum atomic E-state index is 14.4. The van der Waals surface area contributed by atoms with Gasteiger partial charge in [-0.25, -0.2) is 14.4 Å². The first-order valence-electron chi connectivity index (χ1n) is 11.0. The van der Waals surface area contributed by atoms with Gasteiger partial charge in [-0.15, -0.1) is 0 Å². The summed E-state index contributed by atoms with van der Waals surface area (Å²) in [4.78, 5) is 29.7. The molecule has 2 aliphatic heterocycles. The summed E-state index contributed by atoms with van der Waals surface area (Å²) in [6.07, 6.45) is 4.17. The number of nitrogens with one attached hydrogen (secondary N) is 2. The van der Waals surface area contributed by atoms with Crippen LogP contribution in [0.15, 0.2) is 30.6 Å².